The number of carbonyl (C=O) groups excluding carboxylic acids is 9. The molecule has 0 saturated heterocycles. The van der Waals surface area contributed by atoms with Crippen LogP contribution in [0.25, 0.3) is 10.9 Å². The highest BCUT2D eigenvalue weighted by molar-refractivity contribution is 5.99. The molecule has 1 unspecified atom stereocenters. The van der Waals surface area contributed by atoms with Gasteiger partial charge in [0.25, 0.3) is 0 Å². The number of aliphatic hydroxyl groups is 1. The van der Waals surface area contributed by atoms with Gasteiger partial charge in [0.1, 0.15) is 42.3 Å². The summed E-state index contributed by atoms with van der Waals surface area (Å²) < 4.78 is 0. The van der Waals surface area contributed by atoms with Gasteiger partial charge in [-0.15, -0.1) is 0 Å². The van der Waals surface area contributed by atoms with Crippen LogP contribution in [0.5, 0.6) is 0 Å². The molecule has 9 amide bonds. The Morgan fingerprint density at radius 2 is 1.12 bits per heavy atom. The molecule has 0 aliphatic carbocycles. The van der Waals surface area contributed by atoms with Crippen molar-refractivity contribution >= 4 is 70.0 Å². The van der Waals surface area contributed by atoms with Crippen molar-refractivity contribution in [3.63, 3.8) is 0 Å². The average molecular weight is 1040 g/mol. The fourth-order valence-corrected chi connectivity index (χ4v) is 7.80. The molecule has 1 aromatic heterocycles. The van der Waals surface area contributed by atoms with Crippen LogP contribution in [0.2, 0.25) is 0 Å². The monoisotopic (exact) mass is 1040 g/mol. The third-order valence-corrected chi connectivity index (χ3v) is 12.0. The lowest BCUT2D eigenvalue weighted by molar-refractivity contribution is -0.144. The standard InChI is InChI=1S/C49H81N13O12/c1-25(2)20-34(46(70)60-39(26(3)4)47(71)61-40(27(5)6)49(73)74)57-45(69)36(22-37(53)64)58-44(68)33(17-11-13-19-51)56-38(65)24-55-43(67)35(21-29-23-54-32-16-9-8-14-30(29)32)59-48(72)41(28(7)63)62-42(66)31(52)15-10-12-18-50/h8-9,14,16,23,25-28,31,33-36,39-41,54,63H,10-13,15,17-22,24,50-52H2,1-7H3,(H2,53,64)(H,55,67)(H,56,65)(H,57,69)(H,58,68)(H,59,72)(H,60,70)(H,61,71)(H,62,66)(H,73,74)/t28?,31-,33-,34-,35-,36-,39-,40-,41-/m0/s1. The Balaban J connectivity index is 2.34. The maximum atomic E-state index is 13.9. The highest BCUT2D eigenvalue weighted by atomic mass is 16.4. The number of hydrogen-bond donors (Lipinski definition) is 15. The summed E-state index contributed by atoms with van der Waals surface area (Å²) in [5.74, 6) is -10.3. The lowest BCUT2D eigenvalue weighted by Crippen LogP contribution is -2.60. The quantitative estimate of drug-likeness (QED) is 0.0323. The lowest BCUT2D eigenvalue weighted by atomic mass is 9.98. The first-order valence-electron chi connectivity index (χ1n) is 25.1. The number of carboxylic acid groups (broad SMARTS) is 1. The number of carbonyl (C=O) groups is 10. The third-order valence-electron chi connectivity index (χ3n) is 12.0. The number of H-pyrrole nitrogens is 1. The molecular weight excluding hydrogens is 963 g/mol. The first kappa shape index (κ1) is 63.4. The topological polar surface area (TPSA) is 427 Å². The minimum Gasteiger partial charge on any atom is -0.480 e. The van der Waals surface area contributed by atoms with Crippen molar-refractivity contribution in [3.05, 3.63) is 36.0 Å². The molecule has 74 heavy (non-hydrogen) atoms. The second-order valence-electron chi connectivity index (χ2n) is 19.6. The molecule has 414 valence electrons. The first-order chi connectivity index (χ1) is 34.8. The van der Waals surface area contributed by atoms with Gasteiger partial charge in [0.15, 0.2) is 0 Å². The Bertz CT molecular complexity index is 2220. The van der Waals surface area contributed by atoms with E-state index in [1.807, 2.05) is 0 Å². The maximum Gasteiger partial charge on any atom is 0.326 e. The van der Waals surface area contributed by atoms with Gasteiger partial charge < -0.3 is 80.7 Å². The number of amides is 9. The molecule has 9 atom stereocenters. The molecule has 1 heterocycles. The first-order valence-corrected chi connectivity index (χ1v) is 25.1. The largest absolute Gasteiger partial charge is 0.480 e. The molecule has 25 nitrogen and oxygen atoms in total. The van der Waals surface area contributed by atoms with Gasteiger partial charge in [-0.3, -0.25) is 43.2 Å². The van der Waals surface area contributed by atoms with Gasteiger partial charge in [0, 0.05) is 23.5 Å². The van der Waals surface area contributed by atoms with E-state index < -0.39 is 138 Å². The summed E-state index contributed by atoms with van der Waals surface area (Å²) in [5.41, 5.74) is 24.1. The molecule has 0 fully saturated rings. The molecule has 2 aromatic rings. The van der Waals surface area contributed by atoms with Crippen LogP contribution >= 0.6 is 0 Å². The van der Waals surface area contributed by atoms with E-state index in [0.29, 0.717) is 37.8 Å². The van der Waals surface area contributed by atoms with Crippen LogP contribution in [0.15, 0.2) is 30.5 Å². The second-order valence-corrected chi connectivity index (χ2v) is 19.6. The number of nitrogens with one attached hydrogen (secondary N) is 9. The highest BCUT2D eigenvalue weighted by Gasteiger charge is 2.36. The predicted octanol–water partition coefficient (Wildman–Crippen LogP) is -2.50. The number of para-hydroxylation sites is 1. The van der Waals surface area contributed by atoms with Crippen molar-refractivity contribution in [1.82, 2.24) is 47.5 Å². The lowest BCUT2D eigenvalue weighted by Gasteiger charge is -2.29. The van der Waals surface area contributed by atoms with Gasteiger partial charge in [-0.1, -0.05) is 66.2 Å². The Hall–Kier alpha value is -6.70. The molecule has 0 aliphatic heterocycles. The van der Waals surface area contributed by atoms with Crippen LogP contribution in [0, 0.1) is 17.8 Å². The number of aromatic amines is 1. The van der Waals surface area contributed by atoms with Crippen LogP contribution in [0.3, 0.4) is 0 Å². The number of carboxylic acids is 1. The fourth-order valence-electron chi connectivity index (χ4n) is 7.80. The number of benzene rings is 1. The number of aliphatic hydroxyl groups excluding tert-OH is 1. The molecule has 2 rings (SSSR count). The summed E-state index contributed by atoms with van der Waals surface area (Å²) in [5, 5.41) is 41.0. The summed E-state index contributed by atoms with van der Waals surface area (Å²) in [6.45, 7) is 11.2. The summed E-state index contributed by atoms with van der Waals surface area (Å²) in [6.07, 6.45) is 1.53. The Kier molecular flexibility index (Phi) is 27.2. The van der Waals surface area contributed by atoms with Gasteiger partial charge in [0.2, 0.25) is 53.2 Å². The highest BCUT2D eigenvalue weighted by Crippen LogP contribution is 2.20. The SMILES string of the molecule is CC(C)C[C@H](NC(=O)[C@H](CC(N)=O)NC(=O)[C@H](CCCCN)NC(=O)CNC(=O)[C@H](Cc1c[nH]c2ccccc12)NC(=O)[C@@H](NC(=O)[C@@H](N)CCCCN)C(C)O)C(=O)N[C@H](C(=O)N[C@H](C(=O)O)C(C)C)C(C)C. The molecule has 19 N–H and O–H groups in total. The van der Waals surface area contributed by atoms with Crippen molar-refractivity contribution in [2.45, 2.75) is 161 Å². The zero-order chi connectivity index (χ0) is 55.8. The average Bonchev–Trinajstić information content (AvgIpc) is 3.73. The van der Waals surface area contributed by atoms with Gasteiger partial charge in [-0.2, -0.15) is 0 Å². The van der Waals surface area contributed by atoms with Crippen LogP contribution in [-0.2, 0) is 54.4 Å². The number of fused-ring (bicyclic) bond motifs is 1. The Morgan fingerprint density at radius 3 is 1.69 bits per heavy atom. The molecule has 0 spiro atoms. The molecule has 0 saturated carbocycles. The van der Waals surface area contributed by atoms with E-state index in [2.05, 4.69) is 47.5 Å². The molecule has 25 heteroatoms. The van der Waals surface area contributed by atoms with Crippen LogP contribution in [0.4, 0.5) is 0 Å². The zero-order valence-corrected chi connectivity index (χ0v) is 43.6. The molecule has 0 bridgehead atoms. The molecular formula is C49H81N13O12. The van der Waals surface area contributed by atoms with Crippen LogP contribution in [0.1, 0.15) is 105 Å². The molecule has 0 radical (unpaired) electrons. The van der Waals surface area contributed by atoms with Crippen molar-refractivity contribution in [2.24, 2.45) is 40.7 Å². The maximum absolute atomic E-state index is 13.9. The van der Waals surface area contributed by atoms with Crippen LogP contribution < -0.4 is 65.5 Å². The van der Waals surface area contributed by atoms with Gasteiger partial charge >= 0.3 is 5.97 Å². The number of aromatic nitrogens is 1. The van der Waals surface area contributed by atoms with Crippen molar-refractivity contribution in [1.29, 1.82) is 0 Å². The number of aliphatic carboxylic acids is 1. The van der Waals surface area contributed by atoms with E-state index in [-0.39, 0.29) is 38.1 Å². The predicted molar refractivity (Wildman–Crippen MR) is 275 cm³/mol. The molecule has 0 aliphatic rings. The number of rotatable bonds is 34. The van der Waals surface area contributed by atoms with E-state index in [1.54, 1.807) is 72.0 Å². The number of nitrogens with two attached hydrogens (primary N) is 4. The van der Waals surface area contributed by atoms with Crippen molar-refractivity contribution < 1.29 is 58.2 Å². The van der Waals surface area contributed by atoms with Crippen molar-refractivity contribution in [2.75, 3.05) is 19.6 Å². The van der Waals surface area contributed by atoms with Gasteiger partial charge in [-0.25, -0.2) is 4.79 Å². The minimum atomic E-state index is -1.67. The summed E-state index contributed by atoms with van der Waals surface area (Å²) in [6, 6.07) is -3.56. The van der Waals surface area contributed by atoms with Crippen molar-refractivity contribution in [3.8, 4) is 0 Å². The van der Waals surface area contributed by atoms with Crippen LogP contribution in [-0.4, -0.2) is 148 Å². The Labute approximate surface area is 431 Å². The fraction of sp³-hybridized carbons (Fsp3) is 0.633. The smallest absolute Gasteiger partial charge is 0.326 e. The molecule has 1 aromatic carbocycles. The number of unbranched alkanes of at least 4 members (excludes halogenated alkanes) is 2. The third kappa shape index (κ3) is 21.4. The van der Waals surface area contributed by atoms with E-state index in [4.69, 9.17) is 22.9 Å². The van der Waals surface area contributed by atoms with E-state index in [0.717, 1.165) is 10.9 Å². The Morgan fingerprint density at radius 1 is 0.595 bits per heavy atom. The minimum absolute atomic E-state index is 0.0212. The second kappa shape index (κ2) is 31.8. The zero-order valence-electron chi connectivity index (χ0n) is 43.6. The summed E-state index contributed by atoms with van der Waals surface area (Å²) in [7, 11) is 0. The van der Waals surface area contributed by atoms with E-state index >= 15 is 0 Å². The van der Waals surface area contributed by atoms with Gasteiger partial charge in [0.05, 0.1) is 25.1 Å². The number of primary amides is 1. The van der Waals surface area contributed by atoms with E-state index in [9.17, 15) is 58.2 Å². The van der Waals surface area contributed by atoms with E-state index in [1.165, 1.54) is 6.92 Å². The summed E-state index contributed by atoms with van der Waals surface area (Å²) >= 11 is 0. The number of hydrogen-bond acceptors (Lipinski definition) is 14. The normalized spacial score (nSPS) is 15.1. The van der Waals surface area contributed by atoms with Gasteiger partial charge in [-0.05, 0) is 87.9 Å². The summed E-state index contributed by atoms with van der Waals surface area (Å²) in [4.78, 5) is 136.